The molecule has 0 bridgehead atoms. The van der Waals surface area contributed by atoms with Gasteiger partial charge in [-0.05, 0) is 30.2 Å². The van der Waals surface area contributed by atoms with E-state index in [4.69, 9.17) is 17.3 Å². The maximum Gasteiger partial charge on any atom is 0.100 e. The quantitative estimate of drug-likeness (QED) is 0.920. The van der Waals surface area contributed by atoms with E-state index in [2.05, 4.69) is 18.8 Å². The summed E-state index contributed by atoms with van der Waals surface area (Å²) in [6, 6.07) is 5.98. The van der Waals surface area contributed by atoms with Gasteiger partial charge in [0.15, 0.2) is 0 Å². The fraction of sp³-hybridized carbons (Fsp3) is 0.308. The third kappa shape index (κ3) is 2.68. The Bertz CT molecular complexity index is 522. The maximum atomic E-state index is 6.04. The molecule has 17 heavy (non-hydrogen) atoms. The number of halogens is 1. The van der Waals surface area contributed by atoms with Gasteiger partial charge in [0, 0.05) is 22.9 Å². The molecule has 1 heterocycles. The third-order valence-electron chi connectivity index (χ3n) is 2.86. The smallest absolute Gasteiger partial charge is 0.100 e. The SMILES string of the molecule is Cc1ccc(Cl)cc1C(C)c1nc(CN)cs1. The minimum atomic E-state index is 0.263. The van der Waals surface area contributed by atoms with E-state index in [1.54, 1.807) is 11.3 Å². The first-order valence-electron chi connectivity index (χ1n) is 5.52. The Morgan fingerprint density at radius 1 is 1.47 bits per heavy atom. The van der Waals surface area contributed by atoms with Crippen molar-refractivity contribution in [2.75, 3.05) is 0 Å². The highest BCUT2D eigenvalue weighted by Gasteiger charge is 2.14. The van der Waals surface area contributed by atoms with Gasteiger partial charge in [-0.15, -0.1) is 11.3 Å². The second-order valence-electron chi connectivity index (χ2n) is 4.10. The Morgan fingerprint density at radius 3 is 2.88 bits per heavy atom. The van der Waals surface area contributed by atoms with Gasteiger partial charge in [0.05, 0.1) is 5.69 Å². The van der Waals surface area contributed by atoms with Crippen LogP contribution in [0.4, 0.5) is 0 Å². The highest BCUT2D eigenvalue weighted by atomic mass is 35.5. The summed E-state index contributed by atoms with van der Waals surface area (Å²) in [5.74, 6) is 0.263. The lowest BCUT2D eigenvalue weighted by Gasteiger charge is -2.12. The van der Waals surface area contributed by atoms with Crippen molar-refractivity contribution in [1.82, 2.24) is 4.98 Å². The first-order valence-corrected chi connectivity index (χ1v) is 6.78. The van der Waals surface area contributed by atoms with Crippen LogP contribution in [0.3, 0.4) is 0 Å². The number of nitrogens with zero attached hydrogens (tertiary/aromatic N) is 1. The molecular formula is C13H15ClN2S. The second kappa shape index (κ2) is 5.17. The zero-order chi connectivity index (χ0) is 12.4. The normalized spacial score (nSPS) is 12.7. The van der Waals surface area contributed by atoms with Crippen LogP contribution >= 0.6 is 22.9 Å². The Balaban J connectivity index is 2.35. The molecule has 0 aliphatic carbocycles. The summed E-state index contributed by atoms with van der Waals surface area (Å²) >= 11 is 7.70. The minimum absolute atomic E-state index is 0.263. The van der Waals surface area contributed by atoms with Crippen LogP contribution in [-0.2, 0) is 6.54 Å². The number of nitrogens with two attached hydrogens (primary N) is 1. The fourth-order valence-electron chi connectivity index (χ4n) is 1.83. The van der Waals surface area contributed by atoms with Crippen molar-refractivity contribution < 1.29 is 0 Å². The van der Waals surface area contributed by atoms with E-state index in [-0.39, 0.29) is 5.92 Å². The second-order valence-corrected chi connectivity index (χ2v) is 5.43. The van der Waals surface area contributed by atoms with Gasteiger partial charge < -0.3 is 5.73 Å². The van der Waals surface area contributed by atoms with Crippen molar-refractivity contribution >= 4 is 22.9 Å². The third-order valence-corrected chi connectivity index (χ3v) is 4.17. The average Bonchev–Trinajstić information content (AvgIpc) is 2.80. The van der Waals surface area contributed by atoms with Gasteiger partial charge in [0.25, 0.3) is 0 Å². The molecule has 2 N–H and O–H groups in total. The van der Waals surface area contributed by atoms with Gasteiger partial charge in [-0.2, -0.15) is 0 Å². The van der Waals surface area contributed by atoms with Crippen LogP contribution < -0.4 is 5.73 Å². The number of aryl methyl sites for hydroxylation is 1. The molecule has 0 amide bonds. The Labute approximate surface area is 110 Å². The van der Waals surface area contributed by atoms with E-state index in [0.717, 1.165) is 15.7 Å². The monoisotopic (exact) mass is 266 g/mol. The molecule has 0 fully saturated rings. The fourth-order valence-corrected chi connectivity index (χ4v) is 2.91. The predicted octanol–water partition coefficient (Wildman–Crippen LogP) is 3.72. The van der Waals surface area contributed by atoms with Gasteiger partial charge in [-0.1, -0.05) is 24.6 Å². The highest BCUT2D eigenvalue weighted by Crippen LogP contribution is 2.30. The number of thiazole rings is 1. The minimum Gasteiger partial charge on any atom is -0.325 e. The topological polar surface area (TPSA) is 38.9 Å². The summed E-state index contributed by atoms with van der Waals surface area (Å²) in [5.41, 5.74) is 9.01. The Hall–Kier alpha value is -0.900. The molecule has 0 saturated heterocycles. The van der Waals surface area contributed by atoms with Crippen molar-refractivity contribution in [2.45, 2.75) is 26.3 Å². The van der Waals surface area contributed by atoms with Crippen molar-refractivity contribution in [3.63, 3.8) is 0 Å². The van der Waals surface area contributed by atoms with E-state index in [1.807, 2.05) is 23.6 Å². The molecule has 90 valence electrons. The van der Waals surface area contributed by atoms with Crippen molar-refractivity contribution in [1.29, 1.82) is 0 Å². The number of aromatic nitrogens is 1. The standard InChI is InChI=1S/C13H15ClN2S/c1-8-3-4-10(14)5-12(8)9(2)13-16-11(6-15)7-17-13/h3-5,7,9H,6,15H2,1-2H3. The molecule has 2 aromatic rings. The molecule has 0 spiro atoms. The molecule has 1 unspecified atom stereocenters. The van der Waals surface area contributed by atoms with Gasteiger partial charge in [0.1, 0.15) is 5.01 Å². The van der Waals surface area contributed by atoms with E-state index in [0.29, 0.717) is 6.54 Å². The lowest BCUT2D eigenvalue weighted by Crippen LogP contribution is -2.01. The molecule has 0 aliphatic heterocycles. The molecule has 0 saturated carbocycles. The van der Waals surface area contributed by atoms with E-state index < -0.39 is 0 Å². The van der Waals surface area contributed by atoms with Crippen LogP contribution in [0, 0.1) is 6.92 Å². The summed E-state index contributed by atoms with van der Waals surface area (Å²) in [7, 11) is 0. The van der Waals surface area contributed by atoms with Gasteiger partial charge >= 0.3 is 0 Å². The van der Waals surface area contributed by atoms with Crippen LogP contribution in [0.5, 0.6) is 0 Å². The average molecular weight is 267 g/mol. The van der Waals surface area contributed by atoms with Crippen molar-refractivity contribution in [3.05, 3.63) is 50.4 Å². The van der Waals surface area contributed by atoms with Gasteiger partial charge in [-0.25, -0.2) is 4.98 Å². The van der Waals surface area contributed by atoms with E-state index >= 15 is 0 Å². The zero-order valence-electron chi connectivity index (χ0n) is 9.90. The molecule has 4 heteroatoms. The van der Waals surface area contributed by atoms with Crippen LogP contribution in [0.15, 0.2) is 23.6 Å². The Kier molecular flexibility index (Phi) is 3.82. The van der Waals surface area contributed by atoms with Gasteiger partial charge in [0.2, 0.25) is 0 Å². The summed E-state index contributed by atoms with van der Waals surface area (Å²) in [4.78, 5) is 4.53. The summed E-state index contributed by atoms with van der Waals surface area (Å²) in [5, 5.41) is 3.88. The molecule has 1 aromatic carbocycles. The zero-order valence-corrected chi connectivity index (χ0v) is 11.5. The Morgan fingerprint density at radius 2 is 2.24 bits per heavy atom. The highest BCUT2D eigenvalue weighted by molar-refractivity contribution is 7.09. The summed E-state index contributed by atoms with van der Waals surface area (Å²) < 4.78 is 0. The van der Waals surface area contributed by atoms with Crippen molar-refractivity contribution in [3.8, 4) is 0 Å². The van der Waals surface area contributed by atoms with Gasteiger partial charge in [-0.3, -0.25) is 0 Å². The molecule has 1 atom stereocenters. The summed E-state index contributed by atoms with van der Waals surface area (Å²) in [6.45, 7) is 4.75. The first-order chi connectivity index (χ1) is 8.11. The summed E-state index contributed by atoms with van der Waals surface area (Å²) in [6.07, 6.45) is 0. The molecule has 2 nitrogen and oxygen atoms in total. The molecule has 0 aliphatic rings. The van der Waals surface area contributed by atoms with Crippen LogP contribution in [-0.4, -0.2) is 4.98 Å². The van der Waals surface area contributed by atoms with Crippen molar-refractivity contribution in [2.24, 2.45) is 5.73 Å². The molecule has 0 radical (unpaired) electrons. The van der Waals surface area contributed by atoms with Crippen LogP contribution in [0.1, 0.15) is 34.7 Å². The largest absolute Gasteiger partial charge is 0.325 e. The number of rotatable bonds is 3. The molecular weight excluding hydrogens is 252 g/mol. The van der Waals surface area contributed by atoms with Crippen LogP contribution in [0.25, 0.3) is 0 Å². The number of hydrogen-bond acceptors (Lipinski definition) is 3. The first kappa shape index (κ1) is 12.6. The number of benzene rings is 1. The molecule has 1 aromatic heterocycles. The maximum absolute atomic E-state index is 6.04. The molecule has 2 rings (SSSR count). The van der Waals surface area contributed by atoms with E-state index in [1.165, 1.54) is 11.1 Å². The van der Waals surface area contributed by atoms with E-state index in [9.17, 15) is 0 Å². The number of hydrogen-bond donors (Lipinski definition) is 1. The van der Waals surface area contributed by atoms with Crippen LogP contribution in [0.2, 0.25) is 5.02 Å². The lowest BCUT2D eigenvalue weighted by molar-refractivity contribution is 0.872. The predicted molar refractivity (Wildman–Crippen MR) is 73.7 cm³/mol. The lowest BCUT2D eigenvalue weighted by atomic mass is 9.97.